The summed E-state index contributed by atoms with van der Waals surface area (Å²) in [5.41, 5.74) is 1.48. The number of hydrogen-bond donors (Lipinski definition) is 2. The first kappa shape index (κ1) is 15.6. The van der Waals surface area contributed by atoms with Gasteiger partial charge in [-0.05, 0) is 24.6 Å². The maximum absolute atomic E-state index is 12.2. The highest BCUT2D eigenvalue weighted by atomic mass is 35.5. The molecule has 0 radical (unpaired) electrons. The zero-order chi connectivity index (χ0) is 15.6. The summed E-state index contributed by atoms with van der Waals surface area (Å²) in [5.74, 6) is -1.68. The van der Waals surface area contributed by atoms with Crippen LogP contribution in [0.3, 0.4) is 0 Å². The molecule has 1 aromatic carbocycles. The number of anilines is 1. The van der Waals surface area contributed by atoms with Crippen molar-refractivity contribution in [3.63, 3.8) is 0 Å². The molecule has 1 fully saturated rings. The Morgan fingerprint density at radius 1 is 1.43 bits per heavy atom. The van der Waals surface area contributed by atoms with Crippen LogP contribution in [-0.2, 0) is 9.53 Å². The maximum Gasteiger partial charge on any atom is 0.321 e. The van der Waals surface area contributed by atoms with Gasteiger partial charge in [-0.25, -0.2) is 4.79 Å². The molecule has 1 aliphatic rings. The van der Waals surface area contributed by atoms with Crippen LogP contribution in [0.4, 0.5) is 10.5 Å². The van der Waals surface area contributed by atoms with Crippen molar-refractivity contribution in [1.82, 2.24) is 4.90 Å². The van der Waals surface area contributed by atoms with E-state index in [4.69, 9.17) is 21.4 Å². The van der Waals surface area contributed by atoms with Gasteiger partial charge in [0.2, 0.25) is 0 Å². The van der Waals surface area contributed by atoms with E-state index >= 15 is 0 Å². The van der Waals surface area contributed by atoms with Crippen molar-refractivity contribution in [2.24, 2.45) is 5.92 Å². The number of urea groups is 1. The molecule has 2 unspecified atom stereocenters. The Balaban J connectivity index is 2.07. The first-order valence-electron chi connectivity index (χ1n) is 6.50. The number of likely N-dealkylation sites (N-methyl/N-ethyl adjacent to an activating group) is 1. The van der Waals surface area contributed by atoms with Gasteiger partial charge in [-0.1, -0.05) is 17.7 Å². The van der Waals surface area contributed by atoms with Crippen LogP contribution in [0.5, 0.6) is 0 Å². The fraction of sp³-hybridized carbons (Fsp3) is 0.429. The van der Waals surface area contributed by atoms with Crippen LogP contribution < -0.4 is 5.32 Å². The minimum Gasteiger partial charge on any atom is -0.481 e. The van der Waals surface area contributed by atoms with Crippen LogP contribution in [0.15, 0.2) is 18.2 Å². The number of carboxylic acid groups (broad SMARTS) is 1. The van der Waals surface area contributed by atoms with E-state index in [9.17, 15) is 9.59 Å². The standard InChI is InChI=1S/C14H17ClN2O4/c1-8-3-4-11(10(15)5-8)16-14(20)17(2)12-7-21-6-9(12)13(18)19/h3-5,9,12H,6-7H2,1-2H3,(H,16,20)(H,18,19). The first-order valence-corrected chi connectivity index (χ1v) is 6.88. The number of aliphatic carboxylic acids is 1. The van der Waals surface area contributed by atoms with Crippen LogP contribution >= 0.6 is 11.6 Å². The minimum absolute atomic E-state index is 0.114. The third kappa shape index (κ3) is 3.46. The monoisotopic (exact) mass is 312 g/mol. The Morgan fingerprint density at radius 2 is 2.14 bits per heavy atom. The average molecular weight is 313 g/mol. The molecule has 7 heteroatoms. The van der Waals surface area contributed by atoms with Gasteiger partial charge in [-0.3, -0.25) is 4.79 Å². The second-order valence-electron chi connectivity index (χ2n) is 5.07. The Morgan fingerprint density at radius 3 is 2.76 bits per heavy atom. The fourth-order valence-electron chi connectivity index (χ4n) is 2.24. The van der Waals surface area contributed by atoms with Gasteiger partial charge >= 0.3 is 12.0 Å². The number of ether oxygens (including phenoxy) is 1. The van der Waals surface area contributed by atoms with Gasteiger partial charge in [-0.15, -0.1) is 0 Å². The molecule has 1 aliphatic heterocycles. The molecular weight excluding hydrogens is 296 g/mol. The number of halogens is 1. The van der Waals surface area contributed by atoms with E-state index in [0.29, 0.717) is 10.7 Å². The minimum atomic E-state index is -0.967. The second-order valence-corrected chi connectivity index (χ2v) is 5.48. The summed E-state index contributed by atoms with van der Waals surface area (Å²) in [6, 6.07) is 4.38. The summed E-state index contributed by atoms with van der Waals surface area (Å²) < 4.78 is 5.16. The van der Waals surface area contributed by atoms with Crippen molar-refractivity contribution < 1.29 is 19.4 Å². The smallest absolute Gasteiger partial charge is 0.321 e. The zero-order valence-electron chi connectivity index (χ0n) is 11.8. The van der Waals surface area contributed by atoms with Gasteiger partial charge in [0.15, 0.2) is 0 Å². The summed E-state index contributed by atoms with van der Waals surface area (Å²) in [7, 11) is 1.55. The Labute approximate surface area is 127 Å². The normalized spacial score (nSPS) is 21.1. The number of amides is 2. The fourth-order valence-corrected chi connectivity index (χ4v) is 2.52. The van der Waals surface area contributed by atoms with E-state index < -0.39 is 24.0 Å². The van der Waals surface area contributed by atoms with Crippen LogP contribution in [0.25, 0.3) is 0 Å². The highest BCUT2D eigenvalue weighted by Crippen LogP contribution is 2.24. The number of nitrogens with zero attached hydrogens (tertiary/aromatic N) is 1. The van der Waals surface area contributed by atoms with E-state index in [0.717, 1.165) is 5.56 Å². The van der Waals surface area contributed by atoms with Crippen molar-refractivity contribution in [1.29, 1.82) is 0 Å². The molecule has 21 heavy (non-hydrogen) atoms. The molecule has 0 spiro atoms. The van der Waals surface area contributed by atoms with E-state index in [1.54, 1.807) is 19.2 Å². The van der Waals surface area contributed by atoms with Crippen LogP contribution in [0, 0.1) is 12.8 Å². The third-order valence-corrected chi connectivity index (χ3v) is 3.86. The Hall–Kier alpha value is -1.79. The molecule has 6 nitrogen and oxygen atoms in total. The van der Waals surface area contributed by atoms with Crippen LogP contribution in [0.2, 0.25) is 5.02 Å². The van der Waals surface area contributed by atoms with Gasteiger partial charge in [0.25, 0.3) is 0 Å². The number of benzene rings is 1. The number of rotatable bonds is 3. The summed E-state index contributed by atoms with van der Waals surface area (Å²) in [6.07, 6.45) is 0. The third-order valence-electron chi connectivity index (χ3n) is 3.55. The van der Waals surface area contributed by atoms with E-state index in [1.807, 2.05) is 13.0 Å². The molecule has 0 saturated carbocycles. The summed E-state index contributed by atoms with van der Waals surface area (Å²) in [5, 5.41) is 12.2. The SMILES string of the molecule is Cc1ccc(NC(=O)N(C)C2COCC2C(=O)O)c(Cl)c1. The molecule has 0 aromatic heterocycles. The Kier molecular flexibility index (Phi) is 4.69. The lowest BCUT2D eigenvalue weighted by molar-refractivity contribution is -0.142. The van der Waals surface area contributed by atoms with Crippen molar-refractivity contribution in [2.45, 2.75) is 13.0 Å². The van der Waals surface area contributed by atoms with Gasteiger partial charge in [0.05, 0.1) is 30.0 Å². The largest absolute Gasteiger partial charge is 0.481 e. The van der Waals surface area contributed by atoms with Gasteiger partial charge in [0, 0.05) is 7.05 Å². The second kappa shape index (κ2) is 6.32. The lowest BCUT2D eigenvalue weighted by atomic mass is 10.0. The summed E-state index contributed by atoms with van der Waals surface area (Å²) >= 11 is 6.07. The Bertz CT molecular complexity index is 564. The lowest BCUT2D eigenvalue weighted by Gasteiger charge is -2.26. The molecule has 1 saturated heterocycles. The first-order chi connectivity index (χ1) is 9.90. The molecule has 2 amide bonds. The van der Waals surface area contributed by atoms with Crippen molar-refractivity contribution in [2.75, 3.05) is 25.6 Å². The summed E-state index contributed by atoms with van der Waals surface area (Å²) in [6.45, 7) is 2.22. The molecule has 0 aliphatic carbocycles. The molecule has 1 aromatic rings. The van der Waals surface area contributed by atoms with E-state index in [-0.39, 0.29) is 13.2 Å². The highest BCUT2D eigenvalue weighted by Gasteiger charge is 2.38. The molecule has 114 valence electrons. The molecule has 2 N–H and O–H groups in total. The highest BCUT2D eigenvalue weighted by molar-refractivity contribution is 6.33. The van der Waals surface area contributed by atoms with Crippen molar-refractivity contribution in [3.8, 4) is 0 Å². The number of hydrogen-bond acceptors (Lipinski definition) is 3. The number of carbonyl (C=O) groups is 2. The van der Waals surface area contributed by atoms with Crippen LogP contribution in [0.1, 0.15) is 5.56 Å². The van der Waals surface area contributed by atoms with E-state index in [2.05, 4.69) is 5.32 Å². The number of nitrogens with one attached hydrogen (secondary N) is 1. The molecule has 1 heterocycles. The molecule has 0 bridgehead atoms. The van der Waals surface area contributed by atoms with E-state index in [1.165, 1.54) is 4.90 Å². The predicted octanol–water partition coefficient (Wildman–Crippen LogP) is 2.21. The number of carboxylic acids is 1. The quantitative estimate of drug-likeness (QED) is 0.897. The number of aryl methyl sites for hydroxylation is 1. The summed E-state index contributed by atoms with van der Waals surface area (Å²) in [4.78, 5) is 24.7. The van der Waals surface area contributed by atoms with Crippen molar-refractivity contribution in [3.05, 3.63) is 28.8 Å². The maximum atomic E-state index is 12.2. The molecular formula is C14H17ClN2O4. The van der Waals surface area contributed by atoms with Crippen molar-refractivity contribution >= 4 is 29.3 Å². The van der Waals surface area contributed by atoms with Crippen LogP contribution in [-0.4, -0.2) is 48.3 Å². The molecule has 2 atom stereocenters. The average Bonchev–Trinajstić information content (AvgIpc) is 2.90. The topological polar surface area (TPSA) is 78.9 Å². The van der Waals surface area contributed by atoms with Gasteiger partial charge in [0.1, 0.15) is 5.92 Å². The van der Waals surface area contributed by atoms with Gasteiger partial charge < -0.3 is 20.1 Å². The zero-order valence-corrected chi connectivity index (χ0v) is 12.6. The predicted molar refractivity (Wildman–Crippen MR) is 78.7 cm³/mol. The van der Waals surface area contributed by atoms with Gasteiger partial charge in [-0.2, -0.15) is 0 Å². The molecule has 2 rings (SSSR count). The number of carbonyl (C=O) groups excluding carboxylic acids is 1. The lowest BCUT2D eigenvalue weighted by Crippen LogP contribution is -2.45.